The zero-order chi connectivity index (χ0) is 11.3. The fraction of sp³-hybridized carbons (Fsp3) is 0.400. The summed E-state index contributed by atoms with van der Waals surface area (Å²) in [5, 5.41) is 30.1. The van der Waals surface area contributed by atoms with Crippen molar-refractivity contribution in [3.63, 3.8) is 0 Å². The fourth-order valence-electron chi connectivity index (χ4n) is 1.43. The molecule has 0 aliphatic heterocycles. The van der Waals surface area contributed by atoms with Crippen LogP contribution in [0.5, 0.6) is 5.75 Å². The topological polar surface area (TPSA) is 72.7 Å². The van der Waals surface area contributed by atoms with Gasteiger partial charge in [-0.1, -0.05) is 12.1 Å². The second-order valence-corrected chi connectivity index (χ2v) is 3.59. The Labute approximate surface area is 89.7 Å². The maximum Gasteiger partial charge on any atom is 0.373 e. The minimum atomic E-state index is -0.640. The first-order valence-electron chi connectivity index (χ1n) is 4.94. The third-order valence-corrected chi connectivity index (χ3v) is 2.12. The van der Waals surface area contributed by atoms with Crippen molar-refractivity contribution in [3.05, 3.63) is 29.8 Å². The van der Waals surface area contributed by atoms with E-state index in [-0.39, 0.29) is 18.4 Å². The predicted octanol–water partition coefficient (Wildman–Crippen LogP) is -0.00450. The number of hydrogen-bond acceptors (Lipinski definition) is 4. The summed E-state index contributed by atoms with van der Waals surface area (Å²) >= 11 is 0. The number of rotatable bonds is 5. The summed E-state index contributed by atoms with van der Waals surface area (Å²) < 4.78 is 0. The first-order chi connectivity index (χ1) is 7.11. The van der Waals surface area contributed by atoms with E-state index in [0.29, 0.717) is 6.42 Å². The average molecular weight is 209 g/mol. The maximum absolute atomic E-state index is 9.11. The molecule has 1 atom stereocenters. The van der Waals surface area contributed by atoms with Crippen molar-refractivity contribution in [3.8, 4) is 5.75 Å². The number of phenols is 1. The number of hydrogen-bond donors (Lipinski definition) is 4. The number of phenolic OH excluding ortho intramolecular Hbond substituents is 1. The number of aromatic hydroxyl groups is 1. The maximum atomic E-state index is 9.11. The lowest BCUT2D eigenvalue weighted by Gasteiger charge is -2.16. The Bertz CT molecular complexity index is 289. The zero-order valence-corrected chi connectivity index (χ0v) is 8.72. The van der Waals surface area contributed by atoms with E-state index in [9.17, 15) is 0 Å². The van der Waals surface area contributed by atoms with E-state index >= 15 is 0 Å². The van der Waals surface area contributed by atoms with Crippen LogP contribution in [0.4, 0.5) is 0 Å². The molecule has 82 valence electrons. The molecule has 0 bridgehead atoms. The largest absolute Gasteiger partial charge is 0.508 e. The van der Waals surface area contributed by atoms with Crippen LogP contribution in [-0.2, 0) is 6.42 Å². The second kappa shape index (κ2) is 5.75. The lowest BCUT2D eigenvalue weighted by atomic mass is 9.86. The van der Waals surface area contributed by atoms with Crippen molar-refractivity contribution in [1.29, 1.82) is 0 Å². The van der Waals surface area contributed by atoms with Crippen LogP contribution in [0.3, 0.4) is 0 Å². The Morgan fingerprint density at radius 1 is 1.33 bits per heavy atom. The van der Waals surface area contributed by atoms with Gasteiger partial charge in [-0.15, -0.1) is 0 Å². The highest BCUT2D eigenvalue weighted by molar-refractivity contribution is 6.45. The number of aliphatic hydroxyl groups is 1. The first kappa shape index (κ1) is 12.0. The van der Waals surface area contributed by atoms with E-state index in [2.05, 4.69) is 5.23 Å². The summed E-state index contributed by atoms with van der Waals surface area (Å²) in [7, 11) is -0.640. The summed E-state index contributed by atoms with van der Waals surface area (Å²) in [6.07, 6.45) is 0.613. The van der Waals surface area contributed by atoms with Crippen molar-refractivity contribution < 1.29 is 15.2 Å². The molecule has 4 nitrogen and oxygen atoms in total. The van der Waals surface area contributed by atoms with Gasteiger partial charge in [0.15, 0.2) is 0 Å². The monoisotopic (exact) mass is 209 g/mol. The van der Waals surface area contributed by atoms with Gasteiger partial charge in [0.2, 0.25) is 0 Å². The van der Waals surface area contributed by atoms with Crippen LogP contribution in [0.2, 0.25) is 6.82 Å². The second-order valence-electron chi connectivity index (χ2n) is 3.59. The summed E-state index contributed by atoms with van der Waals surface area (Å²) in [4.78, 5) is 0. The Morgan fingerprint density at radius 2 is 1.93 bits per heavy atom. The van der Waals surface area contributed by atoms with Crippen molar-refractivity contribution in [2.45, 2.75) is 19.3 Å². The van der Waals surface area contributed by atoms with E-state index in [4.69, 9.17) is 15.2 Å². The van der Waals surface area contributed by atoms with E-state index in [1.54, 1.807) is 31.1 Å². The highest BCUT2D eigenvalue weighted by atomic mass is 16.3. The Balaban J connectivity index is 2.54. The lowest BCUT2D eigenvalue weighted by Crippen LogP contribution is -2.43. The minimum Gasteiger partial charge on any atom is -0.508 e. The van der Waals surface area contributed by atoms with Gasteiger partial charge >= 0.3 is 7.05 Å². The molecule has 0 fully saturated rings. The Morgan fingerprint density at radius 3 is 2.40 bits per heavy atom. The molecule has 1 rings (SSSR count). The van der Waals surface area contributed by atoms with E-state index in [1.165, 1.54) is 0 Å². The van der Waals surface area contributed by atoms with Gasteiger partial charge < -0.3 is 20.5 Å². The van der Waals surface area contributed by atoms with Crippen LogP contribution < -0.4 is 5.23 Å². The number of aliphatic hydroxyl groups excluding tert-OH is 1. The van der Waals surface area contributed by atoms with Gasteiger partial charge in [0.1, 0.15) is 5.75 Å². The predicted molar refractivity (Wildman–Crippen MR) is 59.7 cm³/mol. The molecule has 1 unspecified atom stereocenters. The molecule has 1 aromatic rings. The molecule has 0 heterocycles. The van der Waals surface area contributed by atoms with Crippen molar-refractivity contribution in [2.24, 2.45) is 0 Å². The van der Waals surface area contributed by atoms with Crippen molar-refractivity contribution in [2.75, 3.05) is 6.61 Å². The SMILES string of the molecule is CB(O)NC(CO)Cc1ccc(O)cc1. The molecule has 0 saturated carbocycles. The molecule has 4 N–H and O–H groups in total. The van der Waals surface area contributed by atoms with E-state index < -0.39 is 7.05 Å². The van der Waals surface area contributed by atoms with Gasteiger partial charge in [-0.25, -0.2) is 0 Å². The van der Waals surface area contributed by atoms with Gasteiger partial charge in [-0.05, 0) is 30.9 Å². The van der Waals surface area contributed by atoms with E-state index in [1.807, 2.05) is 0 Å². The molecule has 0 aliphatic carbocycles. The fourth-order valence-corrected chi connectivity index (χ4v) is 1.43. The van der Waals surface area contributed by atoms with Crippen LogP contribution in [-0.4, -0.2) is 34.9 Å². The summed E-state index contributed by atoms with van der Waals surface area (Å²) in [5.41, 5.74) is 1.00. The highest BCUT2D eigenvalue weighted by Gasteiger charge is 2.12. The van der Waals surface area contributed by atoms with Crippen LogP contribution in [0.25, 0.3) is 0 Å². The molecular weight excluding hydrogens is 193 g/mol. The molecule has 0 aliphatic rings. The van der Waals surface area contributed by atoms with Crippen LogP contribution in [0, 0.1) is 0 Å². The van der Waals surface area contributed by atoms with Crippen LogP contribution in [0.15, 0.2) is 24.3 Å². The van der Waals surface area contributed by atoms with Gasteiger partial charge in [0, 0.05) is 6.04 Å². The smallest absolute Gasteiger partial charge is 0.373 e. The molecule has 0 radical (unpaired) electrons. The van der Waals surface area contributed by atoms with Gasteiger partial charge in [0.25, 0.3) is 0 Å². The summed E-state index contributed by atoms with van der Waals surface area (Å²) in [5.74, 6) is 0.225. The Kier molecular flexibility index (Phi) is 4.61. The molecule has 15 heavy (non-hydrogen) atoms. The first-order valence-corrected chi connectivity index (χ1v) is 4.94. The molecule has 5 heteroatoms. The molecule has 0 spiro atoms. The van der Waals surface area contributed by atoms with Crippen molar-refractivity contribution in [1.82, 2.24) is 5.23 Å². The minimum absolute atomic E-state index is 0.0359. The third kappa shape index (κ3) is 4.33. The average Bonchev–Trinajstić information content (AvgIpc) is 2.19. The summed E-state index contributed by atoms with van der Waals surface area (Å²) in [6.45, 7) is 1.57. The Hall–Kier alpha value is -1.04. The zero-order valence-electron chi connectivity index (χ0n) is 8.72. The van der Waals surface area contributed by atoms with E-state index in [0.717, 1.165) is 5.56 Å². The van der Waals surface area contributed by atoms with Gasteiger partial charge in [-0.2, -0.15) is 0 Å². The molecule has 0 saturated heterocycles. The number of benzene rings is 1. The normalized spacial score (nSPS) is 12.5. The van der Waals surface area contributed by atoms with Crippen LogP contribution >= 0.6 is 0 Å². The summed E-state index contributed by atoms with van der Waals surface area (Å²) in [6, 6.07) is 6.62. The lowest BCUT2D eigenvalue weighted by molar-refractivity contribution is 0.252. The molecule has 0 amide bonds. The van der Waals surface area contributed by atoms with Crippen molar-refractivity contribution >= 4 is 7.05 Å². The quantitative estimate of drug-likeness (QED) is 0.515. The molecule has 0 aromatic heterocycles. The molecular formula is C10H16BNO3. The standard InChI is InChI=1S/C10H16BNO3/c1-11(15)12-9(7-13)6-8-2-4-10(14)5-3-8/h2-5,9,12-15H,6-7H2,1H3. The molecule has 1 aromatic carbocycles. The van der Waals surface area contributed by atoms with Gasteiger partial charge in [0.05, 0.1) is 6.61 Å². The highest BCUT2D eigenvalue weighted by Crippen LogP contribution is 2.11. The van der Waals surface area contributed by atoms with Gasteiger partial charge in [-0.3, -0.25) is 0 Å². The van der Waals surface area contributed by atoms with Crippen LogP contribution in [0.1, 0.15) is 5.56 Å². The number of nitrogens with one attached hydrogen (secondary N) is 1. The third-order valence-electron chi connectivity index (χ3n) is 2.12.